The SMILES string of the molecule is Cn1nnnc1N1CCC(N2C(=O)NC(c3ccccc3)C2=O)CC1. The van der Waals surface area contributed by atoms with Crippen molar-refractivity contribution in [2.45, 2.75) is 24.9 Å². The fourth-order valence-corrected chi connectivity index (χ4v) is 3.53. The van der Waals surface area contributed by atoms with Crippen LogP contribution in [0.25, 0.3) is 0 Å². The van der Waals surface area contributed by atoms with Crippen LogP contribution in [-0.4, -0.2) is 56.2 Å². The van der Waals surface area contributed by atoms with E-state index in [-0.39, 0.29) is 18.0 Å². The molecule has 0 saturated carbocycles. The first kappa shape index (κ1) is 15.6. The lowest BCUT2D eigenvalue weighted by Crippen LogP contribution is -2.48. The largest absolute Gasteiger partial charge is 0.340 e. The summed E-state index contributed by atoms with van der Waals surface area (Å²) in [6.07, 6.45) is 1.40. The summed E-state index contributed by atoms with van der Waals surface area (Å²) in [6, 6.07) is 8.34. The Morgan fingerprint density at radius 1 is 1.12 bits per heavy atom. The van der Waals surface area contributed by atoms with Crippen LogP contribution in [0.3, 0.4) is 0 Å². The number of aryl methyl sites for hydroxylation is 1. The van der Waals surface area contributed by atoms with Crippen molar-refractivity contribution < 1.29 is 9.59 Å². The third-order valence-corrected chi connectivity index (χ3v) is 4.81. The number of hydrogen-bond donors (Lipinski definition) is 1. The van der Waals surface area contributed by atoms with Crippen molar-refractivity contribution in [1.29, 1.82) is 0 Å². The quantitative estimate of drug-likeness (QED) is 0.816. The molecule has 1 N–H and O–H groups in total. The topological polar surface area (TPSA) is 96.2 Å². The number of rotatable bonds is 3. The Kier molecular flexibility index (Phi) is 3.83. The van der Waals surface area contributed by atoms with E-state index < -0.39 is 6.04 Å². The Labute approximate surface area is 144 Å². The van der Waals surface area contributed by atoms with Gasteiger partial charge in [-0.05, 0) is 28.8 Å². The predicted octanol–water partition coefficient (Wildman–Crippen LogP) is 0.472. The van der Waals surface area contributed by atoms with Crippen LogP contribution >= 0.6 is 0 Å². The van der Waals surface area contributed by atoms with Crippen molar-refractivity contribution in [2.24, 2.45) is 7.05 Å². The van der Waals surface area contributed by atoms with Crippen molar-refractivity contribution in [2.75, 3.05) is 18.0 Å². The molecule has 2 aromatic rings. The minimum Gasteiger partial charge on any atom is -0.340 e. The van der Waals surface area contributed by atoms with Gasteiger partial charge in [0.2, 0.25) is 5.95 Å². The van der Waals surface area contributed by atoms with Gasteiger partial charge >= 0.3 is 6.03 Å². The van der Waals surface area contributed by atoms with Gasteiger partial charge in [-0.15, -0.1) is 0 Å². The molecule has 1 atom stereocenters. The van der Waals surface area contributed by atoms with E-state index in [9.17, 15) is 9.59 Å². The number of aromatic nitrogens is 4. The van der Waals surface area contributed by atoms with Crippen LogP contribution in [0.1, 0.15) is 24.4 Å². The molecule has 2 fully saturated rings. The number of amides is 3. The van der Waals surface area contributed by atoms with Gasteiger partial charge in [-0.25, -0.2) is 9.48 Å². The first-order valence-electron chi connectivity index (χ1n) is 8.31. The lowest BCUT2D eigenvalue weighted by Gasteiger charge is -2.35. The van der Waals surface area contributed by atoms with Crippen LogP contribution in [0.5, 0.6) is 0 Å². The van der Waals surface area contributed by atoms with Gasteiger partial charge in [0.15, 0.2) is 0 Å². The average molecular weight is 341 g/mol. The number of piperidine rings is 1. The summed E-state index contributed by atoms with van der Waals surface area (Å²) in [6.45, 7) is 1.40. The molecule has 1 aromatic carbocycles. The molecule has 1 aromatic heterocycles. The fraction of sp³-hybridized carbons (Fsp3) is 0.438. The van der Waals surface area contributed by atoms with Gasteiger partial charge in [0, 0.05) is 26.2 Å². The number of benzene rings is 1. The molecule has 9 nitrogen and oxygen atoms in total. The van der Waals surface area contributed by atoms with Crippen molar-refractivity contribution in [3.63, 3.8) is 0 Å². The molecule has 25 heavy (non-hydrogen) atoms. The summed E-state index contributed by atoms with van der Waals surface area (Å²) >= 11 is 0. The highest BCUT2D eigenvalue weighted by Gasteiger charge is 2.43. The minimum atomic E-state index is -0.588. The van der Waals surface area contributed by atoms with Crippen LogP contribution in [0.4, 0.5) is 10.7 Å². The maximum Gasteiger partial charge on any atom is 0.325 e. The number of carbonyl (C=O) groups is 2. The first-order chi connectivity index (χ1) is 12.1. The number of tetrazole rings is 1. The third kappa shape index (κ3) is 2.71. The zero-order valence-electron chi connectivity index (χ0n) is 13.9. The molecule has 3 amide bonds. The number of hydrogen-bond acceptors (Lipinski definition) is 6. The molecule has 3 heterocycles. The Bertz CT molecular complexity index is 783. The molecule has 1 unspecified atom stereocenters. The molecule has 2 saturated heterocycles. The van der Waals surface area contributed by atoms with Gasteiger partial charge in [0.05, 0.1) is 0 Å². The van der Waals surface area contributed by atoms with E-state index in [1.807, 2.05) is 30.3 Å². The van der Waals surface area contributed by atoms with E-state index >= 15 is 0 Å². The molecule has 2 aliphatic heterocycles. The molecule has 0 aliphatic carbocycles. The summed E-state index contributed by atoms with van der Waals surface area (Å²) in [7, 11) is 1.79. The molecule has 0 spiro atoms. The maximum atomic E-state index is 12.8. The number of anilines is 1. The van der Waals surface area contributed by atoms with Crippen LogP contribution in [0.15, 0.2) is 30.3 Å². The van der Waals surface area contributed by atoms with E-state index in [1.165, 1.54) is 4.90 Å². The van der Waals surface area contributed by atoms with Gasteiger partial charge in [0.25, 0.3) is 5.91 Å². The zero-order chi connectivity index (χ0) is 17.4. The Morgan fingerprint density at radius 3 is 2.48 bits per heavy atom. The van der Waals surface area contributed by atoms with Crippen molar-refractivity contribution in [1.82, 2.24) is 30.4 Å². The van der Waals surface area contributed by atoms with Gasteiger partial charge in [-0.3, -0.25) is 9.69 Å². The number of nitrogens with one attached hydrogen (secondary N) is 1. The molecule has 0 bridgehead atoms. The first-order valence-corrected chi connectivity index (χ1v) is 8.31. The maximum absolute atomic E-state index is 12.8. The molecular formula is C16H19N7O2. The highest BCUT2D eigenvalue weighted by molar-refractivity contribution is 6.05. The van der Waals surface area contributed by atoms with E-state index in [2.05, 4.69) is 25.7 Å². The smallest absolute Gasteiger partial charge is 0.325 e. The number of imide groups is 1. The second-order valence-electron chi connectivity index (χ2n) is 6.32. The third-order valence-electron chi connectivity index (χ3n) is 4.81. The summed E-state index contributed by atoms with van der Waals surface area (Å²) in [5.41, 5.74) is 0.811. The average Bonchev–Trinajstić information content (AvgIpc) is 3.19. The monoisotopic (exact) mass is 341 g/mol. The van der Waals surface area contributed by atoms with Crippen molar-refractivity contribution >= 4 is 17.9 Å². The molecule has 4 rings (SSSR count). The van der Waals surface area contributed by atoms with Crippen molar-refractivity contribution in [3.8, 4) is 0 Å². The van der Waals surface area contributed by atoms with Crippen LogP contribution < -0.4 is 10.2 Å². The van der Waals surface area contributed by atoms with E-state index in [0.29, 0.717) is 31.9 Å². The van der Waals surface area contributed by atoms with Crippen LogP contribution in [0.2, 0.25) is 0 Å². The molecule has 9 heteroatoms. The van der Waals surface area contributed by atoms with E-state index in [1.54, 1.807) is 11.7 Å². The normalized spacial score (nSPS) is 21.7. The van der Waals surface area contributed by atoms with Gasteiger partial charge in [0.1, 0.15) is 6.04 Å². The second-order valence-corrected chi connectivity index (χ2v) is 6.32. The van der Waals surface area contributed by atoms with E-state index in [4.69, 9.17) is 0 Å². The Morgan fingerprint density at radius 2 is 1.84 bits per heavy atom. The Balaban J connectivity index is 1.45. The minimum absolute atomic E-state index is 0.0985. The molecule has 130 valence electrons. The second kappa shape index (κ2) is 6.15. The number of carbonyl (C=O) groups excluding carboxylic acids is 2. The molecule has 0 radical (unpaired) electrons. The predicted molar refractivity (Wildman–Crippen MR) is 88.6 cm³/mol. The highest BCUT2D eigenvalue weighted by Crippen LogP contribution is 2.28. The summed E-state index contributed by atoms with van der Waals surface area (Å²) in [5.74, 6) is 0.535. The van der Waals surface area contributed by atoms with Crippen molar-refractivity contribution in [3.05, 3.63) is 35.9 Å². The van der Waals surface area contributed by atoms with Gasteiger partial charge in [-0.2, -0.15) is 0 Å². The number of urea groups is 1. The van der Waals surface area contributed by atoms with Gasteiger partial charge < -0.3 is 10.2 Å². The van der Waals surface area contributed by atoms with Crippen LogP contribution in [0, 0.1) is 0 Å². The zero-order valence-corrected chi connectivity index (χ0v) is 13.9. The summed E-state index contributed by atoms with van der Waals surface area (Å²) in [5, 5.41) is 14.3. The van der Waals surface area contributed by atoms with Crippen LogP contribution in [-0.2, 0) is 11.8 Å². The molecular weight excluding hydrogens is 322 g/mol. The summed E-state index contributed by atoms with van der Waals surface area (Å²) < 4.78 is 1.62. The van der Waals surface area contributed by atoms with Gasteiger partial charge in [-0.1, -0.05) is 35.4 Å². The Hall–Kier alpha value is -2.97. The standard InChI is InChI=1S/C16H19N7O2/c1-21-15(18-19-20-21)22-9-7-12(8-10-22)23-14(24)13(17-16(23)25)11-5-3-2-4-6-11/h2-6,12-13H,7-10H2,1H3,(H,17,25). The summed E-state index contributed by atoms with van der Waals surface area (Å²) in [4.78, 5) is 28.6. The highest BCUT2D eigenvalue weighted by atomic mass is 16.2. The number of nitrogens with zero attached hydrogens (tertiary/aromatic N) is 6. The lowest BCUT2D eigenvalue weighted by molar-refractivity contribution is -0.129. The molecule has 2 aliphatic rings. The van der Waals surface area contributed by atoms with E-state index in [0.717, 1.165) is 5.56 Å². The lowest BCUT2D eigenvalue weighted by atomic mass is 10.0. The fourth-order valence-electron chi connectivity index (χ4n) is 3.53.